The molecule has 3 aromatic carbocycles. The molecule has 4 aromatic rings. The van der Waals surface area contributed by atoms with E-state index in [2.05, 4.69) is 29.3 Å². The summed E-state index contributed by atoms with van der Waals surface area (Å²) in [5.41, 5.74) is 4.85. The van der Waals surface area contributed by atoms with Crippen LogP contribution in [0.5, 0.6) is 5.75 Å². The minimum absolute atomic E-state index is 0.0624. The van der Waals surface area contributed by atoms with Gasteiger partial charge in [0.15, 0.2) is 0 Å². The van der Waals surface area contributed by atoms with Gasteiger partial charge in [-0.1, -0.05) is 48.5 Å². The van der Waals surface area contributed by atoms with E-state index in [1.807, 2.05) is 67.6 Å². The fourth-order valence-electron chi connectivity index (χ4n) is 2.83. The fraction of sp³-hybridized carbons (Fsp3) is 0.143. The van der Waals surface area contributed by atoms with E-state index in [0.717, 1.165) is 33.6 Å². The van der Waals surface area contributed by atoms with Gasteiger partial charge in [-0.05, 0) is 49.2 Å². The number of hydrogen-bond donors (Lipinski definition) is 0. The van der Waals surface area contributed by atoms with Crippen LogP contribution in [0, 0.1) is 6.92 Å². The Balaban J connectivity index is 1.74. The highest BCUT2D eigenvalue weighted by atomic mass is 16.5. The van der Waals surface area contributed by atoms with E-state index < -0.39 is 0 Å². The van der Waals surface area contributed by atoms with Gasteiger partial charge in [-0.3, -0.25) is 0 Å². The van der Waals surface area contributed by atoms with Gasteiger partial charge in [0.1, 0.15) is 28.6 Å². The molecule has 0 aliphatic heterocycles. The minimum Gasteiger partial charge on any atom is -0.484 e. The normalized spacial score (nSPS) is 12.2. The van der Waals surface area contributed by atoms with Gasteiger partial charge in [-0.25, -0.2) is 0 Å². The zero-order valence-electron chi connectivity index (χ0n) is 14.3. The predicted molar refractivity (Wildman–Crippen MR) is 99.1 cm³/mol. The van der Waals surface area contributed by atoms with Crippen molar-refractivity contribution in [2.45, 2.75) is 20.0 Å². The smallest absolute Gasteiger partial charge is 0.147 e. The molecule has 0 fully saturated rings. The van der Waals surface area contributed by atoms with Crippen LogP contribution in [0.2, 0.25) is 0 Å². The number of benzene rings is 3. The number of hydrogen-bond acceptors (Lipinski definition) is 3. The number of ether oxygens (including phenoxy) is 1. The lowest BCUT2D eigenvalue weighted by atomic mass is 10.1. The third-order valence-electron chi connectivity index (χ3n) is 4.19. The quantitative estimate of drug-likeness (QED) is 0.536. The summed E-state index contributed by atoms with van der Waals surface area (Å²) in [5.74, 6) is 0.766. The Morgan fingerprint density at radius 1 is 0.840 bits per heavy atom. The predicted octanol–water partition coefficient (Wildman–Crippen LogP) is 4.87. The number of aromatic nitrogens is 3. The molecule has 25 heavy (non-hydrogen) atoms. The van der Waals surface area contributed by atoms with Crippen LogP contribution in [-0.2, 0) is 0 Å². The topological polar surface area (TPSA) is 39.9 Å². The van der Waals surface area contributed by atoms with Gasteiger partial charge >= 0.3 is 0 Å². The average Bonchev–Trinajstić information content (AvgIpc) is 3.08. The van der Waals surface area contributed by atoms with Crippen LogP contribution in [0.4, 0.5) is 0 Å². The van der Waals surface area contributed by atoms with Crippen LogP contribution in [0.3, 0.4) is 0 Å². The van der Waals surface area contributed by atoms with E-state index in [9.17, 15) is 0 Å². The van der Waals surface area contributed by atoms with Crippen molar-refractivity contribution in [3.8, 4) is 11.4 Å². The molecule has 0 N–H and O–H groups in total. The van der Waals surface area contributed by atoms with Crippen LogP contribution < -0.4 is 4.74 Å². The molecule has 4 nitrogen and oxygen atoms in total. The SMILES string of the molecule is Cc1ccc(OC(C)c2ccccc2)c(-n2nc3ccccc3n2)c1. The van der Waals surface area contributed by atoms with Gasteiger partial charge < -0.3 is 4.74 Å². The van der Waals surface area contributed by atoms with Crippen LogP contribution in [-0.4, -0.2) is 15.0 Å². The van der Waals surface area contributed by atoms with Crippen molar-refractivity contribution in [1.82, 2.24) is 15.0 Å². The van der Waals surface area contributed by atoms with Crippen molar-refractivity contribution in [2.24, 2.45) is 0 Å². The number of nitrogens with zero attached hydrogens (tertiary/aromatic N) is 3. The lowest BCUT2D eigenvalue weighted by Gasteiger charge is -2.17. The summed E-state index contributed by atoms with van der Waals surface area (Å²) >= 11 is 0. The molecule has 1 heterocycles. The average molecular weight is 329 g/mol. The molecule has 4 heteroatoms. The molecule has 1 atom stereocenters. The Hall–Kier alpha value is -3.14. The molecule has 0 amide bonds. The molecular weight excluding hydrogens is 310 g/mol. The van der Waals surface area contributed by atoms with Crippen molar-refractivity contribution in [2.75, 3.05) is 0 Å². The third-order valence-corrected chi connectivity index (χ3v) is 4.19. The Bertz CT molecular complexity index is 975. The van der Waals surface area contributed by atoms with E-state index in [0.29, 0.717) is 0 Å². The maximum Gasteiger partial charge on any atom is 0.147 e. The van der Waals surface area contributed by atoms with E-state index in [1.165, 1.54) is 0 Å². The van der Waals surface area contributed by atoms with Gasteiger partial charge in [0, 0.05) is 0 Å². The van der Waals surface area contributed by atoms with Crippen molar-refractivity contribution < 1.29 is 4.74 Å². The third kappa shape index (κ3) is 3.11. The maximum atomic E-state index is 6.24. The van der Waals surface area contributed by atoms with Crippen LogP contribution in [0.25, 0.3) is 16.7 Å². The Morgan fingerprint density at radius 3 is 2.16 bits per heavy atom. The summed E-state index contributed by atoms with van der Waals surface area (Å²) in [6.45, 7) is 4.10. The zero-order valence-corrected chi connectivity index (χ0v) is 14.3. The molecule has 0 radical (unpaired) electrons. The number of rotatable bonds is 4. The fourth-order valence-corrected chi connectivity index (χ4v) is 2.83. The van der Waals surface area contributed by atoms with Gasteiger partial charge in [0.25, 0.3) is 0 Å². The Labute approximate surface area is 146 Å². The van der Waals surface area contributed by atoms with Crippen LogP contribution >= 0.6 is 0 Å². The molecule has 0 bridgehead atoms. The van der Waals surface area contributed by atoms with Crippen molar-refractivity contribution in [1.29, 1.82) is 0 Å². The molecule has 1 unspecified atom stereocenters. The second kappa shape index (κ2) is 6.40. The minimum atomic E-state index is -0.0624. The van der Waals surface area contributed by atoms with E-state index in [-0.39, 0.29) is 6.10 Å². The van der Waals surface area contributed by atoms with E-state index >= 15 is 0 Å². The zero-order chi connectivity index (χ0) is 17.2. The number of fused-ring (bicyclic) bond motifs is 1. The lowest BCUT2D eigenvalue weighted by Crippen LogP contribution is -2.07. The van der Waals surface area contributed by atoms with Crippen molar-refractivity contribution in [3.05, 3.63) is 83.9 Å². The number of aryl methyl sites for hydroxylation is 1. The Morgan fingerprint density at radius 2 is 1.48 bits per heavy atom. The van der Waals surface area contributed by atoms with Crippen LogP contribution in [0.1, 0.15) is 24.2 Å². The molecule has 0 saturated carbocycles. The van der Waals surface area contributed by atoms with E-state index in [4.69, 9.17) is 4.74 Å². The first-order valence-electron chi connectivity index (χ1n) is 8.35. The molecule has 0 aliphatic rings. The highest BCUT2D eigenvalue weighted by Crippen LogP contribution is 2.29. The summed E-state index contributed by atoms with van der Waals surface area (Å²) in [6.07, 6.45) is -0.0624. The monoisotopic (exact) mass is 329 g/mol. The molecule has 1 aromatic heterocycles. The molecule has 124 valence electrons. The molecule has 0 spiro atoms. The van der Waals surface area contributed by atoms with E-state index in [1.54, 1.807) is 4.80 Å². The van der Waals surface area contributed by atoms with Gasteiger partial charge in [-0.15, -0.1) is 15.0 Å². The highest BCUT2D eigenvalue weighted by Gasteiger charge is 2.14. The molecule has 4 rings (SSSR count). The summed E-state index contributed by atoms with van der Waals surface area (Å²) in [6, 6.07) is 24.1. The molecular formula is C21H19N3O. The van der Waals surface area contributed by atoms with Crippen molar-refractivity contribution >= 4 is 11.0 Å². The molecule has 0 aliphatic carbocycles. The Kier molecular flexibility index (Phi) is 3.94. The second-order valence-electron chi connectivity index (χ2n) is 6.12. The standard InChI is InChI=1S/C21H19N3O/c1-15-12-13-21(25-16(2)17-8-4-3-5-9-17)20(14-15)24-22-18-10-6-7-11-19(18)23-24/h3-14,16H,1-2H3. The van der Waals surface area contributed by atoms with Gasteiger partial charge in [0.05, 0.1) is 0 Å². The summed E-state index contributed by atoms with van der Waals surface area (Å²) in [5, 5.41) is 9.18. The lowest BCUT2D eigenvalue weighted by molar-refractivity contribution is 0.225. The van der Waals surface area contributed by atoms with Crippen molar-refractivity contribution in [3.63, 3.8) is 0 Å². The summed E-state index contributed by atoms with van der Waals surface area (Å²) in [7, 11) is 0. The van der Waals surface area contributed by atoms with Gasteiger partial charge in [-0.2, -0.15) is 0 Å². The van der Waals surface area contributed by atoms with Gasteiger partial charge in [0.2, 0.25) is 0 Å². The maximum absolute atomic E-state index is 6.24. The van der Waals surface area contributed by atoms with Crippen LogP contribution in [0.15, 0.2) is 72.8 Å². The second-order valence-corrected chi connectivity index (χ2v) is 6.12. The summed E-state index contributed by atoms with van der Waals surface area (Å²) < 4.78 is 6.24. The largest absolute Gasteiger partial charge is 0.484 e. The summed E-state index contributed by atoms with van der Waals surface area (Å²) in [4.78, 5) is 1.66. The molecule has 0 saturated heterocycles. The highest BCUT2D eigenvalue weighted by molar-refractivity contribution is 5.73. The first-order chi connectivity index (χ1) is 12.2. The first kappa shape index (κ1) is 15.4. The first-order valence-corrected chi connectivity index (χ1v) is 8.35.